The van der Waals surface area contributed by atoms with Crippen molar-refractivity contribution >= 4 is 57.4 Å². The molecule has 0 bridgehead atoms. The fourth-order valence-corrected chi connectivity index (χ4v) is 15.7. The number of methoxy groups -OCH3 is 2. The molecule has 8 rings (SSSR count). The minimum atomic E-state index is -1.08. The molecule has 0 saturated carbocycles. The zero-order valence-corrected chi connectivity index (χ0v) is 83.2. The molecule has 5 fully saturated rings. The van der Waals surface area contributed by atoms with E-state index in [2.05, 4.69) is 51.1 Å². The average molecular weight is 1960 g/mol. The second-order valence-electron chi connectivity index (χ2n) is 33.4. The van der Waals surface area contributed by atoms with Crippen molar-refractivity contribution in [1.82, 2.24) is 4.67 Å². The van der Waals surface area contributed by atoms with Gasteiger partial charge in [-0.25, -0.2) is 11.2 Å². The topological polar surface area (TPSA) is 372 Å². The number of esters is 3. The molecule has 0 aromatic heterocycles. The first-order valence-corrected chi connectivity index (χ1v) is 46.1. The van der Waals surface area contributed by atoms with Crippen molar-refractivity contribution in [3.63, 3.8) is 0 Å². The van der Waals surface area contributed by atoms with Gasteiger partial charge in [0.05, 0.1) is 111 Å². The SMILES string of the molecule is C.C.C.C.CC(C)N(C(C)C)P(Cl)OCCC#N.CC[C@H]1O[C@@H](C)[C@@H](O)C1O.CC[C@H]1O[C@@H](C)[C@@H](O)C1OCOC(=O)C(C)(C)C.CC[C@H]1O[C@@H](C)[C@@H](OCOC(=O)C(C)(C)C)C1O.COc1ccc(C(Cl)(c2ccccc2)c2ccc(OC)cc2)cc1.C[C@@H]1O[C@H](CO)C(O)[C@@H]1O.[C-]#[N+]CCOPOC1[C@@H](CC)O[C@@H](C)[C@H]1OCOC(=O)C(C)(C)C.[CH2-]CC.[CH2-]CC.[Ni+2]. The summed E-state index contributed by atoms with van der Waals surface area (Å²) in [5.74, 6) is 0.650. The molecule has 754 valence electrons. The van der Waals surface area contributed by atoms with Gasteiger partial charge < -0.3 is 130 Å². The molecule has 0 spiro atoms. The van der Waals surface area contributed by atoms with E-state index in [1.807, 2.05) is 140 Å². The molecule has 3 aromatic rings. The summed E-state index contributed by atoms with van der Waals surface area (Å²) in [6, 6.07) is 28.6. The largest absolute Gasteiger partial charge is 2.00 e. The number of hydrogen-bond acceptors (Lipinski definition) is 28. The number of rotatable bonds is 30. The first kappa shape index (κ1) is 136. The molecule has 5 aliphatic heterocycles. The van der Waals surface area contributed by atoms with Gasteiger partial charge in [0.1, 0.15) is 90.1 Å². The first-order valence-electron chi connectivity index (χ1n) is 42.7. The number of ether oxygens (including phenoxy) is 13. The molecule has 22 atom stereocenters. The van der Waals surface area contributed by atoms with Crippen LogP contribution >= 0.6 is 39.5 Å². The van der Waals surface area contributed by atoms with Crippen LogP contribution in [0.25, 0.3) is 4.85 Å². The number of benzene rings is 3. The quantitative estimate of drug-likeness (QED) is 0.00375. The number of halogens is 2. The van der Waals surface area contributed by atoms with Crippen LogP contribution in [0.1, 0.15) is 258 Å². The van der Waals surface area contributed by atoms with Crippen LogP contribution in [-0.2, 0) is 101 Å². The zero-order chi connectivity index (χ0) is 95.0. The number of nitriles is 1. The third-order valence-electron chi connectivity index (χ3n) is 19.2. The monoisotopic (exact) mass is 1960 g/mol. The minimum absolute atomic E-state index is 0. The first-order chi connectivity index (χ1) is 58.2. The molecule has 5 saturated heterocycles. The van der Waals surface area contributed by atoms with E-state index in [-0.39, 0.29) is 167 Å². The molecule has 0 aliphatic carbocycles. The average Bonchev–Trinajstić information content (AvgIpc) is 1.55. The maximum absolute atomic E-state index is 11.8. The molecule has 0 radical (unpaired) electrons. The van der Waals surface area contributed by atoms with Gasteiger partial charge in [-0.2, -0.15) is 18.1 Å². The van der Waals surface area contributed by atoms with Gasteiger partial charge in [0.15, 0.2) is 29.4 Å². The van der Waals surface area contributed by atoms with Crippen molar-refractivity contribution in [2.45, 2.75) is 380 Å². The van der Waals surface area contributed by atoms with Crippen molar-refractivity contribution in [3.8, 4) is 17.6 Å². The predicted octanol–water partition coefficient (Wildman–Crippen LogP) is 18.0. The summed E-state index contributed by atoms with van der Waals surface area (Å²) in [5, 5.41) is 73.4. The van der Waals surface area contributed by atoms with Gasteiger partial charge in [-0.3, -0.25) is 14.4 Å². The fourth-order valence-electron chi connectivity index (χ4n) is 12.3. The van der Waals surface area contributed by atoms with Crippen molar-refractivity contribution in [2.24, 2.45) is 16.2 Å². The Morgan fingerprint density at radius 1 is 0.519 bits per heavy atom. The Morgan fingerprint density at radius 3 is 1.18 bits per heavy atom. The molecule has 5 aliphatic rings. The third kappa shape index (κ3) is 47.9. The van der Waals surface area contributed by atoms with Crippen LogP contribution in [0.5, 0.6) is 11.5 Å². The third-order valence-corrected chi connectivity index (χ3v) is 23.1. The molecule has 0 amide bonds. The van der Waals surface area contributed by atoms with Crippen molar-refractivity contribution in [1.29, 1.82) is 5.26 Å². The normalized spacial score (nSPS) is 25.5. The molecule has 29 nitrogen and oxygen atoms in total. The van der Waals surface area contributed by atoms with Crippen LogP contribution in [0.4, 0.5) is 0 Å². The van der Waals surface area contributed by atoms with E-state index in [1.165, 1.54) is 0 Å². The van der Waals surface area contributed by atoms with Crippen LogP contribution in [0, 0.1) is 48.0 Å². The van der Waals surface area contributed by atoms with E-state index in [4.69, 9.17) is 125 Å². The smallest absolute Gasteiger partial charge is 0.497 e. The molecular weight excluding hydrogens is 1790 g/mol. The Morgan fingerprint density at radius 2 is 0.853 bits per heavy atom. The summed E-state index contributed by atoms with van der Waals surface area (Å²) in [6.07, 6.45) is -3.10. The molecule has 7 N–H and O–H groups in total. The number of aliphatic hydroxyl groups is 7. The van der Waals surface area contributed by atoms with Crippen LogP contribution in [0.15, 0.2) is 78.9 Å². The number of carbonyl (C=O) groups is 3. The van der Waals surface area contributed by atoms with Gasteiger partial charge in [0.2, 0.25) is 14.2 Å². The van der Waals surface area contributed by atoms with Crippen molar-refractivity contribution < 1.29 is 142 Å². The predicted molar refractivity (Wildman–Crippen MR) is 510 cm³/mol. The molecule has 5 heterocycles. The zero-order valence-electron chi connectivity index (χ0n) is 78.8. The van der Waals surface area contributed by atoms with Crippen molar-refractivity contribution in [3.05, 3.63) is 121 Å². The minimum Gasteiger partial charge on any atom is -0.497 e. The molecule has 3 aromatic carbocycles. The second-order valence-corrected chi connectivity index (χ2v) is 36.7. The Balaban J connectivity index is -0.000000342. The summed E-state index contributed by atoms with van der Waals surface area (Å²) in [4.78, 5) is 37.3. The summed E-state index contributed by atoms with van der Waals surface area (Å²) >= 11 is 13.4. The van der Waals surface area contributed by atoms with Gasteiger partial charge in [-0.05, 0) is 203 Å². The Bertz CT molecular complexity index is 3310. The van der Waals surface area contributed by atoms with E-state index >= 15 is 0 Å². The van der Waals surface area contributed by atoms with Crippen molar-refractivity contribution in [2.75, 3.05) is 61.0 Å². The Kier molecular flexibility index (Phi) is 75.0. The standard InChI is InChI=1S/C21H19ClO2.C16H28NO6P.2C13H24O5.C9H18ClN2OP.C7H14O3.C6H12O4.2C3H7.4CH4.Ni/c1-23-19-12-8-17(9-13-19)21(22,16-6-4-3-5-7-16)18-10-14-20(24-2)15-11-18;1-7-12-14(23-24-21-9-8-17-6)13(11(2)22-12)19-10-20-15(18)16(3,4)5;1-6-9-10(14)11(8(2)18-9)16-7-17-12(15)13(3,4)5;1-6-9-11(10(14)8(2)18-9)16-7-17-12(15)13(3,4)5;1-8(2)12(9(3)4)14(10)13-7-5-6-11;1-3-5-7(9)6(8)4(2)10-5;1-3-5(8)6(9)4(2-7)10-3;2*1-3-2;;;;;/h3-15H,1-2H3;11-14,24H,7-10H2,1-5H3;2*8-11,14H,6-7H2,1-5H3;8-9H,5,7H2,1-4H3;4-9H,3H2,1-2H3;3-9H,2H2,1H3;2*1,3H2,2H3;4*1H4;/q;;;;;;;2*-1;;;;;+2/t;11-,12+,13+,14?;8-,9+,10?,11+;8-,9+,10+,11?;;4-,5+,6+,7?;3-,4+,5+,6?;;;;;;;/m.000.00......./s1. The van der Waals surface area contributed by atoms with E-state index in [1.54, 1.807) is 97.3 Å². The molecular formula is C95H169Cl2N3NiO26P2. The maximum atomic E-state index is 11.8. The number of alkyl halides is 1. The summed E-state index contributed by atoms with van der Waals surface area (Å²) in [5.41, 5.74) is 1.32. The molecule has 34 heteroatoms. The fraction of sp³-hybridized carbons (Fsp3) is 0.737. The summed E-state index contributed by atoms with van der Waals surface area (Å²) < 4.78 is 88.0. The summed E-state index contributed by atoms with van der Waals surface area (Å²) in [7, 11) is 2.05. The van der Waals surface area contributed by atoms with Crippen LogP contribution in [-0.4, -0.2) is 253 Å². The van der Waals surface area contributed by atoms with E-state index in [0.717, 1.165) is 66.7 Å². The van der Waals surface area contributed by atoms with Gasteiger partial charge in [-0.1, -0.05) is 126 Å². The van der Waals surface area contributed by atoms with Gasteiger partial charge >= 0.3 is 34.4 Å². The van der Waals surface area contributed by atoms with Gasteiger partial charge in [0.25, 0.3) is 0 Å². The van der Waals surface area contributed by atoms with Gasteiger partial charge in [0, 0.05) is 12.1 Å². The number of hydrogen-bond donors (Lipinski definition) is 7. The van der Waals surface area contributed by atoms with E-state index in [0.29, 0.717) is 38.3 Å². The maximum Gasteiger partial charge on any atom is 2.00 e. The number of nitrogens with zero attached hydrogens (tertiary/aromatic N) is 3. The number of aliphatic hydroxyl groups excluding tert-OH is 7. The van der Waals surface area contributed by atoms with Crippen LogP contribution in [0.3, 0.4) is 0 Å². The van der Waals surface area contributed by atoms with Crippen LogP contribution < -0.4 is 9.47 Å². The van der Waals surface area contributed by atoms with Gasteiger partial charge in [-0.15, -0.1) is 11.6 Å². The molecule has 129 heavy (non-hydrogen) atoms. The van der Waals surface area contributed by atoms with Crippen LogP contribution in [0.2, 0.25) is 0 Å². The Hall–Kier alpha value is -4.18. The Labute approximate surface area is 799 Å². The number of carbonyl (C=O) groups excluding carboxylic acids is 3. The summed E-state index contributed by atoms with van der Waals surface area (Å²) in [6.45, 7) is 59.3. The van der Waals surface area contributed by atoms with E-state index in [9.17, 15) is 34.8 Å². The second kappa shape index (κ2) is 71.3. The van der Waals surface area contributed by atoms with E-state index < -0.39 is 83.7 Å². The molecule has 7 unspecified atom stereocenters.